The number of phenolic OH excluding ortho intramolecular Hbond substituents is 1. The van der Waals surface area contributed by atoms with Crippen molar-refractivity contribution in [1.29, 1.82) is 0 Å². The first-order valence-corrected chi connectivity index (χ1v) is 10.9. The lowest BCUT2D eigenvalue weighted by atomic mass is 9.91. The third-order valence-corrected chi connectivity index (χ3v) is 6.08. The Morgan fingerprint density at radius 3 is 2.75 bits per heavy atom. The van der Waals surface area contributed by atoms with E-state index < -0.39 is 6.10 Å². The highest BCUT2D eigenvalue weighted by atomic mass is 19.1. The molecule has 0 radical (unpaired) electrons. The summed E-state index contributed by atoms with van der Waals surface area (Å²) in [4.78, 5) is 2.38. The number of ether oxygens (including phenoxy) is 2. The molecule has 1 unspecified atom stereocenters. The van der Waals surface area contributed by atoms with E-state index in [2.05, 4.69) is 10.1 Å². The molecule has 2 aromatic carbocycles. The second kappa shape index (κ2) is 9.75. The first-order valence-electron chi connectivity index (χ1n) is 10.9. The maximum atomic E-state index is 13.4. The van der Waals surface area contributed by atoms with Gasteiger partial charge in [0.15, 0.2) is 17.1 Å². The lowest BCUT2D eigenvalue weighted by molar-refractivity contribution is 0.184. The molecule has 1 fully saturated rings. The number of methoxy groups -OCH3 is 1. The molecule has 4 rings (SSSR count). The lowest BCUT2D eigenvalue weighted by Gasteiger charge is -2.31. The van der Waals surface area contributed by atoms with Gasteiger partial charge in [-0.15, -0.1) is 0 Å². The average molecular weight is 445 g/mol. The van der Waals surface area contributed by atoms with Gasteiger partial charge >= 0.3 is 0 Å². The van der Waals surface area contributed by atoms with Crippen molar-refractivity contribution in [3.8, 4) is 17.2 Å². The van der Waals surface area contributed by atoms with E-state index >= 15 is 0 Å². The van der Waals surface area contributed by atoms with Gasteiger partial charge in [0.25, 0.3) is 0 Å². The number of nitrogens with zero attached hydrogens (tertiary/aromatic N) is 2. The Kier molecular flexibility index (Phi) is 6.81. The SMILES string of the molecule is COc1cc(OCCCN2CCC(c3noc4cc(F)ccc34)CC2)c(O)c(C(C)O)c1. The van der Waals surface area contributed by atoms with Crippen LogP contribution in [0.4, 0.5) is 4.39 Å². The Balaban J connectivity index is 1.26. The number of benzene rings is 2. The number of likely N-dealkylation sites (tertiary alicyclic amines) is 1. The fraction of sp³-hybridized carbons (Fsp3) is 0.458. The molecule has 172 valence electrons. The van der Waals surface area contributed by atoms with Crippen molar-refractivity contribution >= 4 is 11.0 Å². The Bertz CT molecular complexity index is 1060. The number of aromatic nitrogens is 1. The number of rotatable bonds is 8. The number of hydrogen-bond donors (Lipinski definition) is 2. The Labute approximate surface area is 186 Å². The highest BCUT2D eigenvalue weighted by Crippen LogP contribution is 2.38. The Morgan fingerprint density at radius 1 is 1.25 bits per heavy atom. The van der Waals surface area contributed by atoms with E-state index in [9.17, 15) is 14.6 Å². The Hall–Kier alpha value is -2.84. The summed E-state index contributed by atoms with van der Waals surface area (Å²) in [6, 6.07) is 7.80. The number of aromatic hydroxyl groups is 1. The molecule has 1 saturated heterocycles. The maximum Gasteiger partial charge on any atom is 0.170 e. The number of piperidine rings is 1. The van der Waals surface area contributed by atoms with Crippen LogP contribution in [0.2, 0.25) is 0 Å². The molecular weight excluding hydrogens is 415 g/mol. The van der Waals surface area contributed by atoms with Crippen molar-refractivity contribution < 1.29 is 28.6 Å². The van der Waals surface area contributed by atoms with E-state index in [4.69, 9.17) is 14.0 Å². The smallest absolute Gasteiger partial charge is 0.170 e. The summed E-state index contributed by atoms with van der Waals surface area (Å²) in [5.41, 5.74) is 1.80. The van der Waals surface area contributed by atoms with Crippen LogP contribution in [0.15, 0.2) is 34.9 Å². The van der Waals surface area contributed by atoms with Crippen LogP contribution in [0.25, 0.3) is 11.0 Å². The summed E-state index contributed by atoms with van der Waals surface area (Å²) >= 11 is 0. The predicted octanol–water partition coefficient (Wildman–Crippen LogP) is 4.38. The molecule has 1 atom stereocenters. The van der Waals surface area contributed by atoms with Gasteiger partial charge in [0, 0.05) is 35.5 Å². The van der Waals surface area contributed by atoms with Crippen molar-refractivity contribution in [3.05, 3.63) is 47.4 Å². The van der Waals surface area contributed by atoms with Gasteiger partial charge in [-0.25, -0.2) is 4.39 Å². The molecule has 0 aliphatic carbocycles. The van der Waals surface area contributed by atoms with Gasteiger partial charge < -0.3 is 29.1 Å². The maximum absolute atomic E-state index is 13.4. The van der Waals surface area contributed by atoms with Crippen LogP contribution in [0.5, 0.6) is 17.2 Å². The molecule has 7 nitrogen and oxygen atoms in total. The zero-order chi connectivity index (χ0) is 22.7. The van der Waals surface area contributed by atoms with Gasteiger partial charge in [-0.2, -0.15) is 0 Å². The van der Waals surface area contributed by atoms with Crippen molar-refractivity contribution in [2.24, 2.45) is 0 Å². The summed E-state index contributed by atoms with van der Waals surface area (Å²) in [7, 11) is 1.53. The highest BCUT2D eigenvalue weighted by molar-refractivity contribution is 5.79. The number of halogens is 1. The summed E-state index contributed by atoms with van der Waals surface area (Å²) in [5, 5.41) is 25.3. The summed E-state index contributed by atoms with van der Waals surface area (Å²) in [6.07, 6.45) is 1.91. The number of aliphatic hydroxyl groups excluding tert-OH is 1. The van der Waals surface area contributed by atoms with E-state index in [1.165, 1.54) is 19.2 Å². The Morgan fingerprint density at radius 2 is 2.03 bits per heavy atom. The molecule has 2 heterocycles. The fourth-order valence-electron chi connectivity index (χ4n) is 4.28. The van der Waals surface area contributed by atoms with Gasteiger partial charge in [-0.05, 0) is 57.5 Å². The van der Waals surface area contributed by atoms with Crippen LogP contribution in [0, 0.1) is 5.82 Å². The zero-order valence-corrected chi connectivity index (χ0v) is 18.4. The van der Waals surface area contributed by atoms with E-state index in [0.717, 1.165) is 50.0 Å². The fourth-order valence-corrected chi connectivity index (χ4v) is 4.28. The standard InChI is InChI=1S/C24H29FN2O5/c1-15(28)20-13-18(30-2)14-22(24(20)29)31-11-3-8-27-9-6-16(7-10-27)23-19-5-4-17(25)12-21(19)32-26-23/h4-5,12-16,28-29H,3,6-11H2,1-2H3. The molecule has 0 spiro atoms. The van der Waals surface area contributed by atoms with Crippen LogP contribution in [-0.2, 0) is 0 Å². The van der Waals surface area contributed by atoms with Crippen LogP contribution in [0.1, 0.15) is 49.5 Å². The second-order valence-corrected chi connectivity index (χ2v) is 8.27. The third kappa shape index (κ3) is 4.81. The lowest BCUT2D eigenvalue weighted by Crippen LogP contribution is -2.34. The first-order chi connectivity index (χ1) is 15.5. The van der Waals surface area contributed by atoms with E-state index in [0.29, 0.717) is 35.2 Å². The normalized spacial score (nSPS) is 16.4. The zero-order valence-electron chi connectivity index (χ0n) is 18.4. The van der Waals surface area contributed by atoms with E-state index in [1.807, 2.05) is 0 Å². The molecule has 1 aromatic heterocycles. The number of phenols is 1. The topological polar surface area (TPSA) is 88.2 Å². The molecule has 3 aromatic rings. The minimum absolute atomic E-state index is 0.0543. The van der Waals surface area contributed by atoms with Gasteiger partial charge in [0.2, 0.25) is 0 Å². The van der Waals surface area contributed by atoms with Crippen LogP contribution < -0.4 is 9.47 Å². The van der Waals surface area contributed by atoms with Crippen molar-refractivity contribution in [2.75, 3.05) is 33.4 Å². The molecule has 0 bridgehead atoms. The minimum atomic E-state index is -0.824. The van der Waals surface area contributed by atoms with Gasteiger partial charge in [0.1, 0.15) is 11.6 Å². The van der Waals surface area contributed by atoms with Crippen molar-refractivity contribution in [1.82, 2.24) is 10.1 Å². The average Bonchev–Trinajstić information content (AvgIpc) is 3.20. The van der Waals surface area contributed by atoms with E-state index in [-0.39, 0.29) is 11.6 Å². The van der Waals surface area contributed by atoms with Crippen molar-refractivity contribution in [3.63, 3.8) is 0 Å². The first kappa shape index (κ1) is 22.4. The van der Waals surface area contributed by atoms with Crippen LogP contribution in [-0.4, -0.2) is 53.6 Å². The number of fused-ring (bicyclic) bond motifs is 1. The number of aliphatic hydroxyl groups is 1. The second-order valence-electron chi connectivity index (χ2n) is 8.27. The van der Waals surface area contributed by atoms with Crippen LogP contribution in [0.3, 0.4) is 0 Å². The van der Waals surface area contributed by atoms with Crippen molar-refractivity contribution in [2.45, 2.75) is 38.2 Å². The molecule has 8 heteroatoms. The molecule has 2 N–H and O–H groups in total. The quantitative estimate of drug-likeness (QED) is 0.499. The monoisotopic (exact) mass is 444 g/mol. The third-order valence-electron chi connectivity index (χ3n) is 6.08. The molecular formula is C24H29FN2O5. The molecule has 1 aliphatic heterocycles. The highest BCUT2D eigenvalue weighted by Gasteiger charge is 2.25. The molecule has 0 amide bonds. The minimum Gasteiger partial charge on any atom is -0.504 e. The van der Waals surface area contributed by atoms with Gasteiger partial charge in [0.05, 0.1) is 25.5 Å². The molecule has 32 heavy (non-hydrogen) atoms. The van der Waals surface area contributed by atoms with Gasteiger partial charge in [-0.1, -0.05) is 5.16 Å². The predicted molar refractivity (Wildman–Crippen MR) is 118 cm³/mol. The largest absolute Gasteiger partial charge is 0.504 e. The number of hydrogen-bond acceptors (Lipinski definition) is 7. The van der Waals surface area contributed by atoms with Crippen LogP contribution >= 0.6 is 0 Å². The molecule has 1 aliphatic rings. The van der Waals surface area contributed by atoms with Gasteiger partial charge in [-0.3, -0.25) is 0 Å². The molecule has 0 saturated carbocycles. The summed E-state index contributed by atoms with van der Waals surface area (Å²) in [6.45, 7) is 4.79. The summed E-state index contributed by atoms with van der Waals surface area (Å²) < 4.78 is 29.7. The van der Waals surface area contributed by atoms with E-state index in [1.54, 1.807) is 25.1 Å². The summed E-state index contributed by atoms with van der Waals surface area (Å²) in [5.74, 6) is 0.775.